The van der Waals surface area contributed by atoms with Crippen molar-refractivity contribution in [2.24, 2.45) is 0 Å². The van der Waals surface area contributed by atoms with Crippen LogP contribution in [0.2, 0.25) is 0 Å². The van der Waals surface area contributed by atoms with Gasteiger partial charge in [-0.25, -0.2) is 0 Å². The van der Waals surface area contributed by atoms with Crippen LogP contribution in [0.15, 0.2) is 60.7 Å². The predicted molar refractivity (Wildman–Crippen MR) is 125 cm³/mol. The Morgan fingerprint density at radius 1 is 1.13 bits per heavy atom. The van der Waals surface area contributed by atoms with Crippen molar-refractivity contribution in [3.63, 3.8) is 0 Å². The number of aryl methyl sites for hydroxylation is 1. The van der Waals surface area contributed by atoms with Crippen molar-refractivity contribution in [3.8, 4) is 11.3 Å². The van der Waals surface area contributed by atoms with E-state index < -0.39 is 0 Å². The standard InChI is InChI=1S/C21H22N4O.C4H8/c1-14-11-20(24-23-14)17-5-3-16(4-6-17)13-25-10-9-18-12-19(22-15(2)26)7-8-21(18)25;1-4(2)3/h3-8,11-12H,9-10,13H2,1-2H3,(H,22,26)(H,23,24);1H2,2-3H3. The molecule has 0 aliphatic carbocycles. The van der Waals surface area contributed by atoms with Crippen LogP contribution in [0.25, 0.3) is 11.3 Å². The molecule has 2 aromatic carbocycles. The van der Waals surface area contributed by atoms with Gasteiger partial charge in [-0.3, -0.25) is 9.89 Å². The maximum atomic E-state index is 11.2. The number of carbonyl (C=O) groups is 1. The van der Waals surface area contributed by atoms with Gasteiger partial charge in [-0.2, -0.15) is 5.10 Å². The number of anilines is 2. The highest BCUT2D eigenvalue weighted by Gasteiger charge is 2.19. The third kappa shape index (κ3) is 5.60. The fraction of sp³-hybridized carbons (Fsp3) is 0.280. The van der Waals surface area contributed by atoms with Crippen molar-refractivity contribution in [2.75, 3.05) is 16.8 Å². The summed E-state index contributed by atoms with van der Waals surface area (Å²) in [4.78, 5) is 13.6. The van der Waals surface area contributed by atoms with Crippen molar-refractivity contribution in [1.82, 2.24) is 10.2 Å². The molecule has 3 aromatic rings. The summed E-state index contributed by atoms with van der Waals surface area (Å²) in [6.07, 6.45) is 1.01. The van der Waals surface area contributed by atoms with Gasteiger partial charge in [0.25, 0.3) is 0 Å². The van der Waals surface area contributed by atoms with Crippen molar-refractivity contribution in [2.45, 2.75) is 40.7 Å². The Balaban J connectivity index is 0.000000589. The van der Waals surface area contributed by atoms with E-state index in [0.29, 0.717) is 0 Å². The Morgan fingerprint density at radius 3 is 2.43 bits per heavy atom. The molecule has 2 N–H and O–H groups in total. The first-order valence-corrected chi connectivity index (χ1v) is 10.2. The maximum Gasteiger partial charge on any atom is 0.221 e. The molecule has 5 heteroatoms. The largest absolute Gasteiger partial charge is 0.367 e. The lowest BCUT2D eigenvalue weighted by Gasteiger charge is -2.20. The number of nitrogens with zero attached hydrogens (tertiary/aromatic N) is 2. The first kappa shape index (κ1) is 21.4. The summed E-state index contributed by atoms with van der Waals surface area (Å²) in [5.41, 5.74) is 9.03. The van der Waals surface area contributed by atoms with E-state index in [0.717, 1.165) is 42.1 Å². The van der Waals surface area contributed by atoms with E-state index >= 15 is 0 Å². The minimum Gasteiger partial charge on any atom is -0.367 e. The van der Waals surface area contributed by atoms with Gasteiger partial charge in [-0.1, -0.05) is 29.8 Å². The summed E-state index contributed by atoms with van der Waals surface area (Å²) in [6, 6.07) is 16.8. The van der Waals surface area contributed by atoms with Gasteiger partial charge in [0.2, 0.25) is 5.91 Å². The zero-order valence-electron chi connectivity index (χ0n) is 18.2. The van der Waals surface area contributed by atoms with Gasteiger partial charge < -0.3 is 10.2 Å². The molecule has 0 spiro atoms. The van der Waals surface area contributed by atoms with E-state index in [4.69, 9.17) is 0 Å². The average Bonchev–Trinajstić information content (AvgIpc) is 3.28. The molecule has 1 amide bonds. The fourth-order valence-corrected chi connectivity index (χ4v) is 3.48. The van der Waals surface area contributed by atoms with E-state index in [1.807, 2.05) is 26.8 Å². The zero-order valence-corrected chi connectivity index (χ0v) is 18.2. The summed E-state index contributed by atoms with van der Waals surface area (Å²) >= 11 is 0. The number of hydrogen-bond donors (Lipinski definition) is 2. The van der Waals surface area contributed by atoms with Gasteiger partial charge in [0, 0.05) is 42.6 Å². The molecule has 0 atom stereocenters. The van der Waals surface area contributed by atoms with Crippen LogP contribution in [0.3, 0.4) is 0 Å². The first-order chi connectivity index (χ1) is 14.3. The van der Waals surface area contributed by atoms with E-state index in [1.54, 1.807) is 0 Å². The van der Waals surface area contributed by atoms with E-state index in [1.165, 1.54) is 29.3 Å². The molecule has 5 nitrogen and oxygen atoms in total. The average molecular weight is 403 g/mol. The lowest BCUT2D eigenvalue weighted by Crippen LogP contribution is -2.19. The third-order valence-electron chi connectivity index (χ3n) is 4.72. The number of benzene rings is 2. The summed E-state index contributed by atoms with van der Waals surface area (Å²) in [5.74, 6) is -0.0352. The highest BCUT2D eigenvalue weighted by Crippen LogP contribution is 2.32. The smallest absolute Gasteiger partial charge is 0.221 e. The first-order valence-electron chi connectivity index (χ1n) is 10.2. The summed E-state index contributed by atoms with van der Waals surface area (Å²) in [5, 5.41) is 10.2. The van der Waals surface area contributed by atoms with Crippen LogP contribution >= 0.6 is 0 Å². The molecule has 1 aliphatic heterocycles. The van der Waals surface area contributed by atoms with E-state index in [9.17, 15) is 4.79 Å². The molecule has 0 radical (unpaired) electrons. The molecule has 4 rings (SSSR count). The van der Waals surface area contributed by atoms with Gasteiger partial charge >= 0.3 is 0 Å². The minimum absolute atomic E-state index is 0.0352. The molecule has 1 aromatic heterocycles. The second-order valence-electron chi connectivity index (χ2n) is 8.04. The number of aromatic nitrogens is 2. The van der Waals surface area contributed by atoms with Crippen LogP contribution in [-0.2, 0) is 17.8 Å². The van der Waals surface area contributed by atoms with Gasteiger partial charge in [0.05, 0.1) is 5.69 Å². The second kappa shape index (κ2) is 9.44. The minimum atomic E-state index is -0.0352. The van der Waals surface area contributed by atoms with Gasteiger partial charge in [0.1, 0.15) is 0 Å². The number of carbonyl (C=O) groups excluding carboxylic acids is 1. The topological polar surface area (TPSA) is 61.0 Å². The zero-order chi connectivity index (χ0) is 21.7. The predicted octanol–water partition coefficient (Wildman–Crippen LogP) is 5.49. The molecule has 0 saturated heterocycles. The van der Waals surface area contributed by atoms with Crippen molar-refractivity contribution < 1.29 is 4.79 Å². The van der Waals surface area contributed by atoms with Crippen LogP contribution in [0.1, 0.15) is 37.6 Å². The van der Waals surface area contributed by atoms with Gasteiger partial charge in [0.15, 0.2) is 0 Å². The molecule has 2 heterocycles. The molecule has 0 fully saturated rings. The third-order valence-corrected chi connectivity index (χ3v) is 4.72. The molecule has 0 saturated carbocycles. The van der Waals surface area contributed by atoms with Crippen molar-refractivity contribution >= 4 is 17.3 Å². The molecule has 0 bridgehead atoms. The van der Waals surface area contributed by atoms with Crippen molar-refractivity contribution in [3.05, 3.63) is 77.5 Å². The highest BCUT2D eigenvalue weighted by molar-refractivity contribution is 5.89. The Hall–Kier alpha value is -3.34. The number of rotatable bonds is 4. The molecule has 156 valence electrons. The Bertz CT molecular complexity index is 1030. The molecule has 0 unspecified atom stereocenters. The Morgan fingerprint density at radius 2 is 1.83 bits per heavy atom. The summed E-state index contributed by atoms with van der Waals surface area (Å²) < 4.78 is 0. The molecule has 1 aliphatic rings. The van der Waals surface area contributed by atoms with Gasteiger partial charge in [-0.05, 0) is 62.6 Å². The number of nitrogens with one attached hydrogen (secondary N) is 2. The van der Waals surface area contributed by atoms with Crippen LogP contribution in [-0.4, -0.2) is 22.6 Å². The quantitative estimate of drug-likeness (QED) is 0.567. The van der Waals surface area contributed by atoms with E-state index in [-0.39, 0.29) is 5.91 Å². The molecular weight excluding hydrogens is 372 g/mol. The SMILES string of the molecule is C=C(C)C.CC(=O)Nc1ccc2c(c1)CCN2Cc1ccc(-c2cc(C)[nH]n2)cc1. The number of fused-ring (bicyclic) bond motifs is 1. The normalized spacial score (nSPS) is 12.1. The maximum absolute atomic E-state index is 11.2. The van der Waals surface area contributed by atoms with E-state index in [2.05, 4.69) is 69.5 Å². The highest BCUT2D eigenvalue weighted by atomic mass is 16.1. The number of amides is 1. The summed E-state index contributed by atoms with van der Waals surface area (Å²) in [7, 11) is 0. The van der Waals surface area contributed by atoms with Crippen LogP contribution < -0.4 is 10.2 Å². The Labute approximate surface area is 178 Å². The number of H-pyrrole nitrogens is 1. The second-order valence-corrected chi connectivity index (χ2v) is 8.04. The number of aromatic amines is 1. The molecule has 30 heavy (non-hydrogen) atoms. The van der Waals surface area contributed by atoms with Crippen LogP contribution in [0.4, 0.5) is 11.4 Å². The molecular formula is C25H30N4O. The fourth-order valence-electron chi connectivity index (χ4n) is 3.48. The van der Waals surface area contributed by atoms with Crippen LogP contribution in [0.5, 0.6) is 0 Å². The van der Waals surface area contributed by atoms with Crippen LogP contribution in [0, 0.1) is 6.92 Å². The van der Waals surface area contributed by atoms with Crippen molar-refractivity contribution in [1.29, 1.82) is 0 Å². The number of hydrogen-bond acceptors (Lipinski definition) is 3. The lowest BCUT2D eigenvalue weighted by molar-refractivity contribution is -0.114. The lowest BCUT2D eigenvalue weighted by atomic mass is 10.1. The van der Waals surface area contributed by atoms with Gasteiger partial charge in [-0.15, -0.1) is 6.58 Å². The number of allylic oxidation sites excluding steroid dienone is 1. The monoisotopic (exact) mass is 402 g/mol. The Kier molecular flexibility index (Phi) is 6.72. The summed E-state index contributed by atoms with van der Waals surface area (Å²) in [6.45, 7) is 12.9.